The standard InChI is InChI=1S/C15H18O5/c1-18-13-6-10(7-14(19-2)15(13)20-3)9-4-11(16)8-12(17)5-9/h6-9,16H,4-5H2,1-3H3/t9-/m0/s1. The Hall–Kier alpha value is -2.17. The van der Waals surface area contributed by atoms with Crippen LogP contribution in [0.15, 0.2) is 24.0 Å². The number of aliphatic hydroxyl groups is 1. The zero-order valence-corrected chi connectivity index (χ0v) is 11.8. The lowest BCUT2D eigenvalue weighted by molar-refractivity contribution is -0.115. The zero-order chi connectivity index (χ0) is 14.7. The van der Waals surface area contributed by atoms with Crippen LogP contribution in [0.4, 0.5) is 0 Å². The van der Waals surface area contributed by atoms with Crippen molar-refractivity contribution in [1.82, 2.24) is 0 Å². The molecule has 0 amide bonds. The number of carbonyl (C=O) groups excluding carboxylic acids is 1. The van der Waals surface area contributed by atoms with Crippen LogP contribution in [0.3, 0.4) is 0 Å². The SMILES string of the molecule is COc1cc([C@@H]2CC(=O)C=C(O)C2)cc(OC)c1OC. The second-order valence-electron chi connectivity index (χ2n) is 4.67. The van der Waals surface area contributed by atoms with E-state index in [9.17, 15) is 9.90 Å². The fraction of sp³-hybridized carbons (Fsp3) is 0.400. The van der Waals surface area contributed by atoms with Crippen molar-refractivity contribution in [3.8, 4) is 17.2 Å². The van der Waals surface area contributed by atoms with E-state index in [0.717, 1.165) is 5.56 Å². The first-order valence-electron chi connectivity index (χ1n) is 6.31. The van der Waals surface area contributed by atoms with Crippen molar-refractivity contribution < 1.29 is 24.1 Å². The van der Waals surface area contributed by atoms with Gasteiger partial charge in [-0.3, -0.25) is 4.79 Å². The summed E-state index contributed by atoms with van der Waals surface area (Å²) in [5.74, 6) is 1.56. The normalized spacial score (nSPS) is 18.4. The molecule has 0 radical (unpaired) electrons. The summed E-state index contributed by atoms with van der Waals surface area (Å²) in [4.78, 5) is 11.6. The Labute approximate surface area is 117 Å². The average molecular weight is 278 g/mol. The number of benzene rings is 1. The lowest BCUT2D eigenvalue weighted by Crippen LogP contribution is -2.13. The summed E-state index contributed by atoms with van der Waals surface area (Å²) in [6, 6.07) is 3.63. The predicted octanol–water partition coefficient (Wildman–Crippen LogP) is 2.60. The van der Waals surface area contributed by atoms with E-state index in [4.69, 9.17) is 14.2 Å². The van der Waals surface area contributed by atoms with E-state index < -0.39 is 0 Å². The molecule has 0 aliphatic heterocycles. The number of hydrogen-bond acceptors (Lipinski definition) is 5. The van der Waals surface area contributed by atoms with Gasteiger partial charge in [0.25, 0.3) is 0 Å². The number of hydrogen-bond donors (Lipinski definition) is 1. The highest BCUT2D eigenvalue weighted by Crippen LogP contribution is 2.42. The minimum absolute atomic E-state index is 0.0764. The van der Waals surface area contributed by atoms with Gasteiger partial charge in [-0.25, -0.2) is 0 Å². The Morgan fingerprint density at radius 1 is 1.05 bits per heavy atom. The van der Waals surface area contributed by atoms with Gasteiger partial charge in [-0.2, -0.15) is 0 Å². The van der Waals surface area contributed by atoms with Crippen LogP contribution in [-0.2, 0) is 4.79 Å². The molecular weight excluding hydrogens is 260 g/mol. The monoisotopic (exact) mass is 278 g/mol. The number of carbonyl (C=O) groups is 1. The molecule has 1 aliphatic rings. The van der Waals surface area contributed by atoms with Crippen LogP contribution in [0.2, 0.25) is 0 Å². The van der Waals surface area contributed by atoms with Crippen molar-refractivity contribution >= 4 is 5.78 Å². The first-order valence-corrected chi connectivity index (χ1v) is 6.31. The van der Waals surface area contributed by atoms with Gasteiger partial charge in [0.15, 0.2) is 17.3 Å². The molecule has 20 heavy (non-hydrogen) atoms. The van der Waals surface area contributed by atoms with Crippen LogP contribution < -0.4 is 14.2 Å². The van der Waals surface area contributed by atoms with E-state index in [0.29, 0.717) is 30.1 Å². The highest BCUT2D eigenvalue weighted by molar-refractivity contribution is 5.91. The van der Waals surface area contributed by atoms with Gasteiger partial charge in [-0.05, 0) is 23.6 Å². The number of rotatable bonds is 4. The van der Waals surface area contributed by atoms with E-state index in [2.05, 4.69) is 0 Å². The highest BCUT2D eigenvalue weighted by atomic mass is 16.5. The molecule has 0 fully saturated rings. The van der Waals surface area contributed by atoms with E-state index in [-0.39, 0.29) is 17.5 Å². The van der Waals surface area contributed by atoms with Crippen LogP contribution in [-0.4, -0.2) is 32.2 Å². The third-order valence-electron chi connectivity index (χ3n) is 3.39. The molecule has 0 unspecified atom stereocenters. The third kappa shape index (κ3) is 2.71. The fourth-order valence-electron chi connectivity index (χ4n) is 2.44. The Morgan fingerprint density at radius 2 is 1.65 bits per heavy atom. The second kappa shape index (κ2) is 5.86. The van der Waals surface area contributed by atoms with Gasteiger partial charge in [0.1, 0.15) is 0 Å². The van der Waals surface area contributed by atoms with Crippen LogP contribution in [0, 0.1) is 0 Å². The van der Waals surface area contributed by atoms with Crippen LogP contribution >= 0.6 is 0 Å². The molecule has 1 atom stereocenters. The van der Waals surface area contributed by atoms with Crippen LogP contribution in [0.5, 0.6) is 17.2 Å². The summed E-state index contributed by atoms with van der Waals surface area (Å²) in [5, 5.41) is 9.62. The zero-order valence-electron chi connectivity index (χ0n) is 11.8. The quantitative estimate of drug-likeness (QED) is 0.917. The fourth-order valence-corrected chi connectivity index (χ4v) is 2.44. The molecule has 5 nitrogen and oxygen atoms in total. The Bertz CT molecular complexity index is 522. The first kappa shape index (κ1) is 14.2. The van der Waals surface area contributed by atoms with Crippen molar-refractivity contribution in [2.45, 2.75) is 18.8 Å². The number of ether oxygens (including phenoxy) is 3. The lowest BCUT2D eigenvalue weighted by Gasteiger charge is -2.22. The summed E-state index contributed by atoms with van der Waals surface area (Å²) in [6.45, 7) is 0. The van der Waals surface area contributed by atoms with Crippen LogP contribution in [0.25, 0.3) is 0 Å². The number of aliphatic hydroxyl groups excluding tert-OH is 1. The molecular formula is C15H18O5. The number of methoxy groups -OCH3 is 3. The predicted molar refractivity (Wildman–Crippen MR) is 73.8 cm³/mol. The number of ketones is 1. The van der Waals surface area contributed by atoms with Crippen molar-refractivity contribution in [2.24, 2.45) is 0 Å². The first-order chi connectivity index (χ1) is 9.58. The summed E-state index contributed by atoms with van der Waals surface area (Å²) >= 11 is 0. The van der Waals surface area contributed by atoms with Crippen molar-refractivity contribution in [2.75, 3.05) is 21.3 Å². The molecule has 0 spiro atoms. The van der Waals surface area contributed by atoms with E-state index >= 15 is 0 Å². The molecule has 1 aromatic rings. The molecule has 0 aromatic heterocycles. The molecule has 1 aromatic carbocycles. The lowest BCUT2D eigenvalue weighted by atomic mass is 9.86. The minimum atomic E-state index is -0.0822. The Kier molecular flexibility index (Phi) is 4.17. The second-order valence-corrected chi connectivity index (χ2v) is 4.67. The van der Waals surface area contributed by atoms with E-state index in [1.807, 2.05) is 12.1 Å². The Balaban J connectivity index is 2.42. The molecule has 2 rings (SSSR count). The minimum Gasteiger partial charge on any atom is -0.512 e. The topological polar surface area (TPSA) is 65.0 Å². The van der Waals surface area contributed by atoms with E-state index in [1.54, 1.807) is 21.3 Å². The highest BCUT2D eigenvalue weighted by Gasteiger charge is 2.24. The maximum Gasteiger partial charge on any atom is 0.203 e. The van der Waals surface area contributed by atoms with Crippen molar-refractivity contribution in [3.05, 3.63) is 29.5 Å². The largest absolute Gasteiger partial charge is 0.512 e. The smallest absolute Gasteiger partial charge is 0.203 e. The van der Waals surface area contributed by atoms with Gasteiger partial charge >= 0.3 is 0 Å². The maximum atomic E-state index is 11.6. The van der Waals surface area contributed by atoms with Gasteiger partial charge in [0, 0.05) is 18.9 Å². The van der Waals surface area contributed by atoms with E-state index in [1.165, 1.54) is 6.08 Å². The molecule has 0 heterocycles. The third-order valence-corrected chi connectivity index (χ3v) is 3.39. The molecule has 5 heteroatoms. The maximum absolute atomic E-state index is 11.6. The summed E-state index contributed by atoms with van der Waals surface area (Å²) in [6.07, 6.45) is 2.08. The summed E-state index contributed by atoms with van der Waals surface area (Å²) in [7, 11) is 4.63. The van der Waals surface area contributed by atoms with Crippen molar-refractivity contribution in [1.29, 1.82) is 0 Å². The van der Waals surface area contributed by atoms with Gasteiger partial charge in [-0.1, -0.05) is 0 Å². The van der Waals surface area contributed by atoms with Crippen molar-refractivity contribution in [3.63, 3.8) is 0 Å². The Morgan fingerprint density at radius 3 is 2.10 bits per heavy atom. The summed E-state index contributed by atoms with van der Waals surface area (Å²) < 4.78 is 15.9. The number of allylic oxidation sites excluding steroid dienone is 2. The molecule has 1 aliphatic carbocycles. The molecule has 0 saturated carbocycles. The summed E-state index contributed by atoms with van der Waals surface area (Å²) in [5.41, 5.74) is 0.882. The molecule has 108 valence electrons. The van der Waals surface area contributed by atoms with Crippen LogP contribution in [0.1, 0.15) is 24.3 Å². The average Bonchev–Trinajstić information content (AvgIpc) is 2.44. The molecule has 0 bridgehead atoms. The van der Waals surface area contributed by atoms with Gasteiger partial charge in [0.2, 0.25) is 5.75 Å². The van der Waals surface area contributed by atoms with Gasteiger partial charge in [0.05, 0.1) is 27.1 Å². The molecule has 0 saturated heterocycles. The van der Waals surface area contributed by atoms with Gasteiger partial charge in [-0.15, -0.1) is 0 Å². The van der Waals surface area contributed by atoms with Gasteiger partial charge < -0.3 is 19.3 Å². The molecule has 1 N–H and O–H groups in total.